The van der Waals surface area contributed by atoms with Crippen molar-refractivity contribution in [3.05, 3.63) is 78.2 Å². The minimum atomic E-state index is -4.76. The van der Waals surface area contributed by atoms with Crippen LogP contribution in [-0.2, 0) is 6.54 Å². The summed E-state index contributed by atoms with van der Waals surface area (Å²) < 4.78 is 59.3. The number of halogens is 5. The molecule has 2 aromatic carbocycles. The number of ether oxygens (including phenoxy) is 2. The summed E-state index contributed by atoms with van der Waals surface area (Å²) in [6.07, 6.45) is -3.24. The molecule has 1 aromatic heterocycles. The van der Waals surface area contributed by atoms with E-state index < -0.39 is 12.2 Å². The van der Waals surface area contributed by atoms with Crippen LogP contribution in [0.2, 0.25) is 0 Å². The number of nitrogens with two attached hydrogens (primary N) is 1. The molecule has 0 fully saturated rings. The van der Waals surface area contributed by atoms with E-state index >= 15 is 0 Å². The van der Waals surface area contributed by atoms with E-state index in [-0.39, 0.29) is 53.9 Å². The van der Waals surface area contributed by atoms with Crippen LogP contribution >= 0.6 is 24.0 Å². The maximum absolute atomic E-state index is 13.3. The van der Waals surface area contributed by atoms with Crippen LogP contribution in [0.3, 0.4) is 0 Å². The molecule has 11 heteroatoms. The van der Waals surface area contributed by atoms with E-state index in [9.17, 15) is 17.6 Å². The van der Waals surface area contributed by atoms with Crippen LogP contribution in [0.4, 0.5) is 23.2 Å². The Hall–Kier alpha value is -3.09. The largest absolute Gasteiger partial charge is 0.573 e. The molecule has 1 heterocycles. The Morgan fingerprint density at radius 1 is 1.03 bits per heavy atom. The Kier molecular flexibility index (Phi) is 8.42. The van der Waals surface area contributed by atoms with Gasteiger partial charge in [-0.15, -0.1) is 37.1 Å². The van der Waals surface area contributed by atoms with Crippen molar-refractivity contribution < 1.29 is 27.0 Å². The van der Waals surface area contributed by atoms with Crippen LogP contribution in [0.15, 0.2) is 71.9 Å². The molecule has 164 valence electrons. The molecule has 0 saturated carbocycles. The van der Waals surface area contributed by atoms with Gasteiger partial charge in [-0.25, -0.2) is 14.4 Å². The van der Waals surface area contributed by atoms with Crippen LogP contribution in [0.5, 0.6) is 17.4 Å². The predicted molar refractivity (Wildman–Crippen MR) is 118 cm³/mol. The second kappa shape index (κ2) is 10.8. The number of hydrogen-bond acceptors (Lipinski definition) is 4. The molecular weight excluding hydrogens is 531 g/mol. The second-order valence-electron chi connectivity index (χ2n) is 5.93. The van der Waals surface area contributed by atoms with Gasteiger partial charge in [-0.1, -0.05) is 12.1 Å². The molecule has 0 radical (unpaired) electrons. The molecule has 0 aliphatic heterocycles. The van der Waals surface area contributed by atoms with Gasteiger partial charge in [-0.05, 0) is 42.5 Å². The summed E-state index contributed by atoms with van der Waals surface area (Å²) in [5, 5.41) is 2.76. The zero-order chi connectivity index (χ0) is 21.6. The maximum Gasteiger partial charge on any atom is 0.573 e. The Bertz CT molecular complexity index is 1030. The third-order valence-electron chi connectivity index (χ3n) is 3.64. The monoisotopic (exact) mass is 548 g/mol. The van der Waals surface area contributed by atoms with Crippen LogP contribution in [0.1, 0.15) is 5.56 Å². The molecule has 0 spiro atoms. The molecule has 0 atom stereocenters. The van der Waals surface area contributed by atoms with Gasteiger partial charge in [0, 0.05) is 23.5 Å². The highest BCUT2D eigenvalue weighted by Crippen LogP contribution is 2.25. The summed E-state index contributed by atoms with van der Waals surface area (Å²) in [4.78, 5) is 8.29. The van der Waals surface area contributed by atoms with Crippen molar-refractivity contribution in [3.8, 4) is 17.4 Å². The average Bonchev–Trinajstić information content (AvgIpc) is 2.68. The lowest BCUT2D eigenvalue weighted by molar-refractivity contribution is -0.274. The fourth-order valence-electron chi connectivity index (χ4n) is 2.38. The molecule has 0 aliphatic carbocycles. The lowest BCUT2D eigenvalue weighted by Crippen LogP contribution is -2.22. The molecule has 3 rings (SSSR count). The first kappa shape index (κ1) is 24.2. The van der Waals surface area contributed by atoms with Gasteiger partial charge in [0.15, 0.2) is 5.96 Å². The van der Waals surface area contributed by atoms with E-state index in [4.69, 9.17) is 10.5 Å². The summed E-state index contributed by atoms with van der Waals surface area (Å²) in [5.74, 6) is -0.235. The highest BCUT2D eigenvalue weighted by Gasteiger charge is 2.30. The Morgan fingerprint density at radius 3 is 2.45 bits per heavy atom. The van der Waals surface area contributed by atoms with Gasteiger partial charge >= 0.3 is 6.36 Å². The first-order valence-corrected chi connectivity index (χ1v) is 8.58. The Balaban J connectivity index is 0.00000341. The van der Waals surface area contributed by atoms with Gasteiger partial charge in [-0.3, -0.25) is 0 Å². The van der Waals surface area contributed by atoms with E-state index in [1.807, 2.05) is 0 Å². The molecule has 6 nitrogen and oxygen atoms in total. The van der Waals surface area contributed by atoms with Crippen molar-refractivity contribution in [1.82, 2.24) is 4.98 Å². The van der Waals surface area contributed by atoms with Crippen molar-refractivity contribution in [3.63, 3.8) is 0 Å². The van der Waals surface area contributed by atoms with Crippen molar-refractivity contribution in [2.24, 2.45) is 10.7 Å². The van der Waals surface area contributed by atoms with E-state index in [0.29, 0.717) is 11.3 Å². The fraction of sp³-hybridized carbons (Fsp3) is 0.100. The summed E-state index contributed by atoms with van der Waals surface area (Å²) in [6.45, 7) is 0.104. The standard InChI is InChI=1S/C20H16F4N4O2.HI/c21-14-4-1-5-17(11-14)29-18-13(3-2-10-26-18)12-27-19(25)28-15-6-8-16(9-7-15)30-20(22,23)24;/h1-11H,12H2,(H3,25,27,28);1H. The van der Waals surface area contributed by atoms with Crippen LogP contribution in [-0.4, -0.2) is 17.3 Å². The van der Waals surface area contributed by atoms with Crippen LogP contribution in [0.25, 0.3) is 0 Å². The number of hydrogen-bond donors (Lipinski definition) is 2. The topological polar surface area (TPSA) is 81.8 Å². The van der Waals surface area contributed by atoms with Gasteiger partial charge in [0.1, 0.15) is 17.3 Å². The zero-order valence-corrected chi connectivity index (χ0v) is 18.1. The third kappa shape index (κ3) is 7.92. The highest BCUT2D eigenvalue weighted by molar-refractivity contribution is 14.0. The number of alkyl halides is 3. The molecule has 0 aliphatic rings. The Morgan fingerprint density at radius 2 is 1.77 bits per heavy atom. The number of anilines is 1. The van der Waals surface area contributed by atoms with Gasteiger partial charge in [0.2, 0.25) is 5.88 Å². The third-order valence-corrected chi connectivity index (χ3v) is 3.64. The Labute approximate surface area is 192 Å². The van der Waals surface area contributed by atoms with E-state index in [1.165, 1.54) is 36.5 Å². The fourth-order valence-corrected chi connectivity index (χ4v) is 2.38. The molecule has 3 N–H and O–H groups in total. The quantitative estimate of drug-likeness (QED) is 0.185. The minimum Gasteiger partial charge on any atom is -0.439 e. The number of guanidine groups is 1. The summed E-state index contributed by atoms with van der Waals surface area (Å²) >= 11 is 0. The number of benzene rings is 2. The maximum atomic E-state index is 13.3. The second-order valence-corrected chi connectivity index (χ2v) is 5.93. The zero-order valence-electron chi connectivity index (χ0n) is 15.8. The molecular formula is C20H17F4IN4O2. The number of rotatable bonds is 6. The SMILES string of the molecule is I.NC(=NCc1cccnc1Oc1cccc(F)c1)Nc1ccc(OC(F)(F)F)cc1. The molecule has 0 unspecified atom stereocenters. The van der Waals surface area contributed by atoms with Crippen molar-refractivity contribution >= 4 is 35.6 Å². The summed E-state index contributed by atoms with van der Waals surface area (Å²) in [6, 6.07) is 14.1. The average molecular weight is 548 g/mol. The highest BCUT2D eigenvalue weighted by atomic mass is 127. The number of aromatic nitrogens is 1. The summed E-state index contributed by atoms with van der Waals surface area (Å²) in [5.41, 5.74) is 6.85. The lowest BCUT2D eigenvalue weighted by atomic mass is 10.2. The smallest absolute Gasteiger partial charge is 0.439 e. The number of nitrogens with one attached hydrogen (secondary N) is 1. The van der Waals surface area contributed by atoms with Crippen molar-refractivity contribution in [1.29, 1.82) is 0 Å². The molecule has 31 heavy (non-hydrogen) atoms. The molecule has 0 saturated heterocycles. The van der Waals surface area contributed by atoms with E-state index in [1.54, 1.807) is 18.2 Å². The van der Waals surface area contributed by atoms with E-state index in [0.717, 1.165) is 12.1 Å². The van der Waals surface area contributed by atoms with Gasteiger partial charge in [0.05, 0.1) is 6.54 Å². The number of pyridine rings is 1. The summed E-state index contributed by atoms with van der Waals surface area (Å²) in [7, 11) is 0. The first-order valence-electron chi connectivity index (χ1n) is 8.58. The molecule has 0 bridgehead atoms. The van der Waals surface area contributed by atoms with Crippen molar-refractivity contribution in [2.75, 3.05) is 5.32 Å². The molecule has 3 aromatic rings. The predicted octanol–water partition coefficient (Wildman–Crippen LogP) is 5.46. The number of aliphatic imine (C=N–C) groups is 1. The first-order chi connectivity index (χ1) is 14.3. The van der Waals surface area contributed by atoms with E-state index in [2.05, 4.69) is 20.0 Å². The lowest BCUT2D eigenvalue weighted by Gasteiger charge is -2.11. The van der Waals surface area contributed by atoms with Gasteiger partial charge in [0.25, 0.3) is 0 Å². The number of nitrogens with zero attached hydrogens (tertiary/aromatic N) is 2. The molecule has 0 amide bonds. The van der Waals surface area contributed by atoms with Crippen LogP contribution in [0, 0.1) is 5.82 Å². The normalized spacial score (nSPS) is 11.4. The van der Waals surface area contributed by atoms with Gasteiger partial charge < -0.3 is 20.5 Å². The minimum absolute atomic E-state index is 0. The van der Waals surface area contributed by atoms with Gasteiger partial charge in [-0.2, -0.15) is 0 Å². The van der Waals surface area contributed by atoms with Crippen LogP contribution < -0.4 is 20.5 Å². The van der Waals surface area contributed by atoms with Crippen molar-refractivity contribution in [2.45, 2.75) is 12.9 Å².